The Balaban J connectivity index is 0.940. The molecule has 0 radical (unpaired) electrons. The molecule has 292 valence electrons. The minimum Gasteiger partial charge on any atom is -0.468 e. The van der Waals surface area contributed by atoms with E-state index in [4.69, 9.17) is 37.9 Å². The normalized spacial score (nSPS) is 15.5. The van der Waals surface area contributed by atoms with Gasteiger partial charge in [0.15, 0.2) is 13.6 Å². The van der Waals surface area contributed by atoms with E-state index in [0.717, 1.165) is 15.8 Å². The van der Waals surface area contributed by atoms with E-state index in [9.17, 15) is 9.59 Å². The Labute approximate surface area is 328 Å². The molecule has 5 aromatic rings. The van der Waals surface area contributed by atoms with Crippen molar-refractivity contribution in [3.63, 3.8) is 0 Å². The van der Waals surface area contributed by atoms with E-state index >= 15 is 0 Å². The van der Waals surface area contributed by atoms with Crippen molar-refractivity contribution in [3.05, 3.63) is 113 Å². The average Bonchev–Trinajstić information content (AvgIpc) is 3.61. The number of nitrogens with one attached hydrogen (secondary N) is 1. The lowest BCUT2D eigenvalue weighted by atomic mass is 9.90. The lowest BCUT2D eigenvalue weighted by Crippen LogP contribution is -2.43. The van der Waals surface area contributed by atoms with Crippen molar-refractivity contribution in [1.29, 1.82) is 0 Å². The van der Waals surface area contributed by atoms with Crippen LogP contribution >= 0.6 is 11.3 Å². The van der Waals surface area contributed by atoms with Gasteiger partial charge in [-0.15, -0.1) is 0 Å². The Bertz CT molecular complexity index is 2100. The number of esters is 2. The van der Waals surface area contributed by atoms with E-state index in [1.165, 1.54) is 11.3 Å². The molecule has 1 aromatic heterocycles. The Morgan fingerprint density at radius 1 is 0.804 bits per heavy atom. The summed E-state index contributed by atoms with van der Waals surface area (Å²) in [7, 11) is 0. The quantitative estimate of drug-likeness (QED) is 0.0227. The first-order chi connectivity index (χ1) is 27.2. The molecule has 0 bridgehead atoms. The van der Waals surface area contributed by atoms with Crippen LogP contribution in [0.1, 0.15) is 45.7 Å². The molecular weight excluding hydrogens is 739 g/mol. The maximum atomic E-state index is 13.2. The number of rotatable bonds is 19. The Hall–Kier alpha value is -5.38. The smallest absolute Gasteiger partial charge is 0.343 e. The largest absolute Gasteiger partial charge is 0.468 e. The second-order valence-corrected chi connectivity index (χ2v) is 15.4. The number of hydrogen-bond donors (Lipinski definition) is 1. The van der Waals surface area contributed by atoms with Gasteiger partial charge in [0.05, 0.1) is 73.8 Å². The van der Waals surface area contributed by atoms with E-state index in [1.807, 2.05) is 36.4 Å². The highest BCUT2D eigenvalue weighted by atomic mass is 32.1. The Kier molecular flexibility index (Phi) is 12.5. The summed E-state index contributed by atoms with van der Waals surface area (Å²) >= 11 is 1.47. The van der Waals surface area contributed by atoms with Crippen molar-refractivity contribution in [2.75, 3.05) is 65.3 Å². The molecule has 1 N–H and O–H groups in total. The molecular formula is C42H43N3O10S. The molecule has 14 heteroatoms. The van der Waals surface area contributed by atoms with Crippen molar-refractivity contribution in [3.8, 4) is 17.2 Å². The highest BCUT2D eigenvalue weighted by molar-refractivity contribution is 7.22. The Morgan fingerprint density at radius 2 is 1.41 bits per heavy atom. The summed E-state index contributed by atoms with van der Waals surface area (Å²) in [6.07, 6.45) is 1.97. The van der Waals surface area contributed by atoms with Gasteiger partial charge >= 0.3 is 11.9 Å². The summed E-state index contributed by atoms with van der Waals surface area (Å²) in [6, 6.07) is 26.5. The van der Waals surface area contributed by atoms with E-state index < -0.39 is 11.9 Å². The molecule has 56 heavy (non-hydrogen) atoms. The number of para-hydroxylation sites is 1. The maximum absolute atomic E-state index is 13.2. The molecule has 0 unspecified atom stereocenters. The number of hydrazone groups is 1. The fourth-order valence-electron chi connectivity index (χ4n) is 5.77. The first-order valence-corrected chi connectivity index (χ1v) is 19.0. The van der Waals surface area contributed by atoms with Crippen LogP contribution in [0.3, 0.4) is 0 Å². The van der Waals surface area contributed by atoms with Gasteiger partial charge in [0.25, 0.3) is 0 Å². The molecule has 0 spiro atoms. The SMILES string of the molecule is CC1(COCOc2ccc(C(=O)OCCc3ccc(OC(=O)c4ccc(OCOCC5(C)COC5)cc4)c(/C=N/Nc4nc5ccccc5s4)c3)cc2)COC1. The zero-order chi connectivity index (χ0) is 38.8. The highest BCUT2D eigenvalue weighted by Gasteiger charge is 2.34. The number of thiazole rings is 1. The number of hydrogen-bond acceptors (Lipinski definition) is 14. The topological polar surface area (TPSA) is 145 Å². The van der Waals surface area contributed by atoms with E-state index in [-0.39, 0.29) is 31.0 Å². The second kappa shape index (κ2) is 18.0. The van der Waals surface area contributed by atoms with Gasteiger partial charge in [-0.25, -0.2) is 14.6 Å². The number of ether oxygens (including phenoxy) is 8. The number of aromatic nitrogens is 1. The monoisotopic (exact) mass is 781 g/mol. The number of nitrogens with zero attached hydrogens (tertiary/aromatic N) is 2. The third-order valence-corrected chi connectivity index (χ3v) is 10.0. The van der Waals surface area contributed by atoms with Crippen molar-refractivity contribution in [2.45, 2.75) is 20.3 Å². The summed E-state index contributed by atoms with van der Waals surface area (Å²) in [5, 5.41) is 5.01. The van der Waals surface area contributed by atoms with Crippen molar-refractivity contribution in [2.24, 2.45) is 15.9 Å². The minimum atomic E-state index is -0.553. The fraction of sp³-hybridized carbons (Fsp3) is 0.333. The molecule has 7 rings (SSSR count). The predicted molar refractivity (Wildman–Crippen MR) is 210 cm³/mol. The van der Waals surface area contributed by atoms with Gasteiger partial charge in [0.1, 0.15) is 17.2 Å². The van der Waals surface area contributed by atoms with Gasteiger partial charge in [-0.2, -0.15) is 5.10 Å². The predicted octanol–water partition coefficient (Wildman–Crippen LogP) is 7.14. The van der Waals surface area contributed by atoms with Gasteiger partial charge in [-0.05, 0) is 78.4 Å². The van der Waals surface area contributed by atoms with Crippen LogP contribution in [-0.4, -0.2) is 83.0 Å². The van der Waals surface area contributed by atoms with Gasteiger partial charge in [0.2, 0.25) is 5.13 Å². The van der Waals surface area contributed by atoms with Gasteiger partial charge in [-0.1, -0.05) is 43.4 Å². The Morgan fingerprint density at radius 3 is 2.00 bits per heavy atom. The third kappa shape index (κ3) is 10.5. The maximum Gasteiger partial charge on any atom is 0.343 e. The molecule has 2 aliphatic heterocycles. The lowest BCUT2D eigenvalue weighted by molar-refractivity contribution is -0.151. The summed E-state index contributed by atoms with van der Waals surface area (Å²) in [4.78, 5) is 30.6. The number of fused-ring (bicyclic) bond motifs is 1. The molecule has 0 atom stereocenters. The number of carbonyl (C=O) groups is 2. The van der Waals surface area contributed by atoms with E-state index in [2.05, 4.69) is 29.4 Å². The minimum absolute atomic E-state index is 0.0298. The zero-order valence-electron chi connectivity index (χ0n) is 31.2. The summed E-state index contributed by atoms with van der Waals surface area (Å²) in [6.45, 7) is 8.35. The van der Waals surface area contributed by atoms with Crippen molar-refractivity contribution in [1.82, 2.24) is 4.98 Å². The van der Waals surface area contributed by atoms with Crippen molar-refractivity contribution >= 4 is 44.8 Å². The summed E-state index contributed by atoms with van der Waals surface area (Å²) < 4.78 is 45.5. The molecule has 2 saturated heterocycles. The van der Waals surface area contributed by atoms with E-state index in [0.29, 0.717) is 85.1 Å². The van der Waals surface area contributed by atoms with Crippen LogP contribution in [0.25, 0.3) is 10.2 Å². The summed E-state index contributed by atoms with van der Waals surface area (Å²) in [5.41, 5.74) is 6.03. The average molecular weight is 782 g/mol. The van der Waals surface area contributed by atoms with Crippen LogP contribution < -0.4 is 19.6 Å². The van der Waals surface area contributed by atoms with Crippen LogP contribution in [0.4, 0.5) is 5.13 Å². The molecule has 2 fully saturated rings. The lowest BCUT2D eigenvalue weighted by Gasteiger charge is -2.37. The first kappa shape index (κ1) is 38.9. The van der Waals surface area contributed by atoms with E-state index in [1.54, 1.807) is 60.8 Å². The number of carbonyl (C=O) groups excluding carboxylic acids is 2. The molecule has 0 saturated carbocycles. The summed E-state index contributed by atoms with van der Waals surface area (Å²) in [5.74, 6) is 0.434. The molecule has 0 amide bonds. The molecule has 2 aliphatic rings. The number of anilines is 1. The van der Waals surface area contributed by atoms with Crippen LogP contribution in [-0.2, 0) is 30.1 Å². The fourth-order valence-corrected chi connectivity index (χ4v) is 6.58. The number of benzene rings is 4. The molecule has 4 aromatic carbocycles. The van der Waals surface area contributed by atoms with Gasteiger partial charge < -0.3 is 37.9 Å². The van der Waals surface area contributed by atoms with Crippen LogP contribution in [0, 0.1) is 10.8 Å². The zero-order valence-corrected chi connectivity index (χ0v) is 32.0. The molecule has 3 heterocycles. The highest BCUT2D eigenvalue weighted by Crippen LogP contribution is 2.29. The third-order valence-electron chi connectivity index (χ3n) is 9.06. The second-order valence-electron chi connectivity index (χ2n) is 14.4. The van der Waals surface area contributed by atoms with Crippen molar-refractivity contribution < 1.29 is 47.5 Å². The molecule has 13 nitrogen and oxygen atoms in total. The molecule has 0 aliphatic carbocycles. The van der Waals surface area contributed by atoms with Crippen LogP contribution in [0.15, 0.2) is 96.1 Å². The van der Waals surface area contributed by atoms with Gasteiger partial charge in [0, 0.05) is 22.8 Å². The van der Waals surface area contributed by atoms with Gasteiger partial charge in [-0.3, -0.25) is 5.43 Å². The first-order valence-electron chi connectivity index (χ1n) is 18.2. The standard InChI is InChI=1S/C42H43N3O10S/c1-41(21-48-22-41)25-50-27-53-33-12-8-30(9-13-33)38(46)52-18-17-29-7-16-36(32(19-29)20-43-45-40-44-35-5-3-4-6-37(35)56-40)55-39(47)31-10-14-34(15-11-31)54-28-51-26-42(2)23-49-24-42/h3-16,19-20H,17-18,21-28H2,1-2H3,(H,44,45)/b43-20+. The van der Waals surface area contributed by atoms with Crippen LogP contribution in [0.5, 0.6) is 17.2 Å². The van der Waals surface area contributed by atoms with Crippen LogP contribution in [0.2, 0.25) is 0 Å².